The van der Waals surface area contributed by atoms with Crippen molar-refractivity contribution in [2.75, 3.05) is 0 Å². The molecule has 0 radical (unpaired) electrons. The Morgan fingerprint density at radius 3 is 1.41 bits per heavy atom. The molecule has 0 unspecified atom stereocenters. The number of nitrogens with zero attached hydrogens (tertiary/aromatic N) is 6. The lowest BCUT2D eigenvalue weighted by Crippen LogP contribution is -2.07. The fraction of sp³-hybridized carbons (Fsp3) is 0.0192. The predicted molar refractivity (Wildman–Crippen MR) is 241 cm³/mol. The quantitative estimate of drug-likeness (QED) is 0.163. The van der Waals surface area contributed by atoms with Crippen LogP contribution < -0.4 is 0 Å². The smallest absolute Gasteiger partial charge is 0.238 e. The zero-order valence-electron chi connectivity index (χ0n) is 31.8. The second-order valence-corrected chi connectivity index (χ2v) is 14.4. The van der Waals surface area contributed by atoms with E-state index in [4.69, 9.17) is 15.0 Å². The Kier molecular flexibility index (Phi) is 7.76. The predicted octanol–water partition coefficient (Wildman–Crippen LogP) is 13.0. The first-order valence-electron chi connectivity index (χ1n) is 19.5. The Morgan fingerprint density at radius 1 is 0.431 bits per heavy atom. The second-order valence-electron chi connectivity index (χ2n) is 14.4. The topological polar surface area (TPSA) is 53.5 Å². The van der Waals surface area contributed by atoms with Crippen LogP contribution in [-0.4, -0.2) is 28.7 Å². The molecule has 6 heteroatoms. The molecule has 0 aliphatic heterocycles. The van der Waals surface area contributed by atoms with Gasteiger partial charge in [-0.05, 0) is 55.5 Å². The molecule has 0 aliphatic rings. The van der Waals surface area contributed by atoms with Gasteiger partial charge in [0.05, 0.1) is 33.3 Å². The highest BCUT2D eigenvalue weighted by Gasteiger charge is 2.25. The highest BCUT2D eigenvalue weighted by atomic mass is 15.2. The van der Waals surface area contributed by atoms with Crippen LogP contribution in [0.4, 0.5) is 0 Å². The van der Waals surface area contributed by atoms with E-state index in [1.807, 2.05) is 66.7 Å². The molecular formula is C52H36N6. The van der Waals surface area contributed by atoms with Crippen molar-refractivity contribution in [2.24, 2.45) is 0 Å². The zero-order valence-corrected chi connectivity index (χ0v) is 31.8. The summed E-state index contributed by atoms with van der Waals surface area (Å²) >= 11 is 0. The first-order chi connectivity index (χ1) is 28.7. The van der Waals surface area contributed by atoms with E-state index < -0.39 is 0 Å². The number of rotatable bonds is 7. The first-order valence-corrected chi connectivity index (χ1v) is 19.5. The van der Waals surface area contributed by atoms with Crippen LogP contribution in [0.1, 0.15) is 18.2 Å². The number of allylic oxidation sites excluding steroid dienone is 1. The van der Waals surface area contributed by atoms with Crippen molar-refractivity contribution in [1.82, 2.24) is 28.7 Å². The van der Waals surface area contributed by atoms with E-state index >= 15 is 0 Å². The molecule has 11 aromatic rings. The monoisotopic (exact) mass is 744 g/mol. The molecule has 6 nitrogen and oxygen atoms in total. The summed E-state index contributed by atoms with van der Waals surface area (Å²) < 4.78 is 6.95. The normalized spacial score (nSPS) is 11.9. The van der Waals surface area contributed by atoms with Crippen LogP contribution >= 0.6 is 0 Å². The highest BCUT2D eigenvalue weighted by Crippen LogP contribution is 2.42. The van der Waals surface area contributed by atoms with Gasteiger partial charge < -0.3 is 9.13 Å². The lowest BCUT2D eigenvalue weighted by atomic mass is 10.1. The number of benzene rings is 7. The molecule has 0 bridgehead atoms. The van der Waals surface area contributed by atoms with Gasteiger partial charge >= 0.3 is 0 Å². The molecule has 0 saturated carbocycles. The number of aromatic nitrogens is 6. The molecule has 4 aromatic heterocycles. The molecule has 0 atom stereocenters. The summed E-state index contributed by atoms with van der Waals surface area (Å²) in [5.41, 5.74) is 11.5. The summed E-state index contributed by atoms with van der Waals surface area (Å²) in [6, 6.07) is 59.5. The fourth-order valence-corrected chi connectivity index (χ4v) is 8.72. The van der Waals surface area contributed by atoms with Crippen molar-refractivity contribution in [2.45, 2.75) is 6.92 Å². The van der Waals surface area contributed by atoms with E-state index in [2.05, 4.69) is 149 Å². The van der Waals surface area contributed by atoms with Crippen molar-refractivity contribution in [3.8, 4) is 40.1 Å². The van der Waals surface area contributed by atoms with Crippen molar-refractivity contribution < 1.29 is 0 Å². The lowest BCUT2D eigenvalue weighted by molar-refractivity contribution is 0.952. The minimum Gasteiger partial charge on any atom is -0.309 e. The summed E-state index contributed by atoms with van der Waals surface area (Å²) in [6.45, 7) is 6.40. The molecule has 0 spiro atoms. The van der Waals surface area contributed by atoms with Gasteiger partial charge in [-0.1, -0.05) is 146 Å². The summed E-state index contributed by atoms with van der Waals surface area (Å²) in [6.07, 6.45) is 6.26. The van der Waals surface area contributed by atoms with Gasteiger partial charge in [0.25, 0.3) is 0 Å². The lowest BCUT2D eigenvalue weighted by Gasteiger charge is -2.15. The van der Waals surface area contributed by atoms with Crippen LogP contribution in [0, 0.1) is 0 Å². The Bertz CT molecular complexity index is 3290. The van der Waals surface area contributed by atoms with Gasteiger partial charge in [0.1, 0.15) is 0 Å². The van der Waals surface area contributed by atoms with E-state index in [0.717, 1.165) is 66.5 Å². The van der Waals surface area contributed by atoms with E-state index in [1.54, 1.807) is 0 Å². The maximum absolute atomic E-state index is 5.25. The molecule has 274 valence electrons. The Balaban J connectivity index is 1.22. The molecule has 11 rings (SSSR count). The van der Waals surface area contributed by atoms with Crippen LogP contribution in [0.25, 0.3) is 107 Å². The van der Waals surface area contributed by atoms with Gasteiger partial charge in [-0.3, -0.25) is 4.57 Å². The highest BCUT2D eigenvalue weighted by molar-refractivity contribution is 6.20. The van der Waals surface area contributed by atoms with Gasteiger partial charge in [0, 0.05) is 55.0 Å². The summed E-state index contributed by atoms with van der Waals surface area (Å²) in [7, 11) is 0. The second kappa shape index (κ2) is 13.4. The number of fused-ring (bicyclic) bond motifs is 8. The zero-order chi connectivity index (χ0) is 38.7. The minimum absolute atomic E-state index is 0.550. The van der Waals surface area contributed by atoms with Crippen LogP contribution in [0.3, 0.4) is 0 Å². The van der Waals surface area contributed by atoms with Crippen LogP contribution in [0.15, 0.2) is 183 Å². The number of para-hydroxylation sites is 3. The summed E-state index contributed by atoms with van der Waals surface area (Å²) in [5.74, 6) is 1.77. The SMILES string of the molecule is C=Cc1c(/C=C\C)n(-c2ccc(-n3c4ccccc4c4ccccc43)cc2)c2c1ccc1c3ccccc3n(-c3nc(-c4ccccc4)nc(-c4ccccc4)n3)c12. The molecule has 0 saturated heterocycles. The van der Waals surface area contributed by atoms with Gasteiger partial charge in [-0.2, -0.15) is 9.97 Å². The van der Waals surface area contributed by atoms with E-state index in [9.17, 15) is 0 Å². The van der Waals surface area contributed by atoms with Crippen molar-refractivity contribution in [3.63, 3.8) is 0 Å². The van der Waals surface area contributed by atoms with Crippen LogP contribution in [-0.2, 0) is 0 Å². The van der Waals surface area contributed by atoms with E-state index in [1.165, 1.54) is 21.8 Å². The van der Waals surface area contributed by atoms with Crippen molar-refractivity contribution in [1.29, 1.82) is 0 Å². The molecule has 0 amide bonds. The standard InChI is InChI=1S/C52H36N6/c1-3-17-44-38(4-2)42-32-33-43-41-24-13-16-27-47(41)58(52-54-50(34-18-7-5-8-19-34)53-51(55-52)35-20-9-6-10-21-35)49(43)48(42)57(44)37-30-28-36(29-31-37)56-45-25-14-11-22-39(45)40-23-12-15-26-46(40)56/h3-33H,2H2,1H3/b17-3-. The molecule has 0 fully saturated rings. The average Bonchev–Trinajstić information content (AvgIpc) is 3.92. The van der Waals surface area contributed by atoms with Gasteiger partial charge in [-0.25, -0.2) is 4.98 Å². The minimum atomic E-state index is 0.550. The maximum Gasteiger partial charge on any atom is 0.238 e. The van der Waals surface area contributed by atoms with Crippen molar-refractivity contribution >= 4 is 66.7 Å². The maximum atomic E-state index is 5.25. The molecule has 0 aliphatic carbocycles. The Labute approximate surface area is 334 Å². The van der Waals surface area contributed by atoms with Crippen LogP contribution in [0.2, 0.25) is 0 Å². The van der Waals surface area contributed by atoms with Gasteiger partial charge in [0.15, 0.2) is 11.6 Å². The average molecular weight is 745 g/mol. The fourth-order valence-electron chi connectivity index (χ4n) is 8.72. The summed E-state index contributed by atoms with van der Waals surface area (Å²) in [5, 5.41) is 5.79. The van der Waals surface area contributed by atoms with Crippen molar-refractivity contribution in [3.05, 3.63) is 194 Å². The number of hydrogen-bond acceptors (Lipinski definition) is 3. The molecule has 7 aromatic carbocycles. The Hall–Kier alpha value is -7.83. The number of hydrogen-bond donors (Lipinski definition) is 0. The third kappa shape index (κ3) is 5.09. The van der Waals surface area contributed by atoms with E-state index in [-0.39, 0.29) is 0 Å². The largest absolute Gasteiger partial charge is 0.309 e. The van der Waals surface area contributed by atoms with Gasteiger partial charge in [0.2, 0.25) is 5.95 Å². The molecular weight excluding hydrogens is 709 g/mol. The third-order valence-electron chi connectivity index (χ3n) is 11.2. The van der Waals surface area contributed by atoms with Crippen LogP contribution in [0.5, 0.6) is 0 Å². The van der Waals surface area contributed by atoms with E-state index in [0.29, 0.717) is 17.6 Å². The molecule has 0 N–H and O–H groups in total. The third-order valence-corrected chi connectivity index (χ3v) is 11.2. The Morgan fingerprint density at radius 2 is 0.879 bits per heavy atom. The molecule has 58 heavy (non-hydrogen) atoms. The summed E-state index contributed by atoms with van der Waals surface area (Å²) in [4.78, 5) is 15.5. The van der Waals surface area contributed by atoms with Gasteiger partial charge in [-0.15, -0.1) is 0 Å². The molecule has 4 heterocycles. The first kappa shape index (κ1) is 33.5.